The zero-order valence-corrected chi connectivity index (χ0v) is 15.7. The molecular weight excluding hydrogens is 352 g/mol. The van der Waals surface area contributed by atoms with Gasteiger partial charge in [0.15, 0.2) is 11.5 Å². The molecular formula is C24H22O4. The Balaban J connectivity index is 1.77. The fourth-order valence-electron chi connectivity index (χ4n) is 2.56. The number of hydrogen-bond acceptors (Lipinski definition) is 4. The van der Waals surface area contributed by atoms with Crippen molar-refractivity contribution in [3.8, 4) is 11.5 Å². The van der Waals surface area contributed by atoms with E-state index >= 15 is 0 Å². The van der Waals surface area contributed by atoms with Crippen LogP contribution in [0.3, 0.4) is 0 Å². The molecule has 0 radical (unpaired) electrons. The highest BCUT2D eigenvalue weighted by Crippen LogP contribution is 2.30. The third-order valence-electron chi connectivity index (χ3n) is 4.06. The molecule has 3 rings (SSSR count). The minimum absolute atomic E-state index is 0.406. The maximum absolute atomic E-state index is 11.3. The standard InChI is InChI=1S/C24H22O4/c1-26-24(25)15-13-19-12-14-22(27-17-20-8-4-2-5-9-20)23(16-19)28-18-21-10-6-3-7-11-21/h2-16H,17-18H2,1H3/b15-13+. The molecule has 0 atom stereocenters. The Morgan fingerprint density at radius 2 is 1.36 bits per heavy atom. The molecule has 0 amide bonds. The van der Waals surface area contributed by atoms with Crippen LogP contribution in [-0.4, -0.2) is 13.1 Å². The quantitative estimate of drug-likeness (QED) is 0.410. The monoisotopic (exact) mass is 374 g/mol. The molecule has 0 aromatic heterocycles. The number of carbonyl (C=O) groups excluding carboxylic acids is 1. The molecule has 142 valence electrons. The predicted octanol–water partition coefficient (Wildman–Crippen LogP) is 5.03. The predicted molar refractivity (Wildman–Crippen MR) is 109 cm³/mol. The molecule has 4 heteroatoms. The van der Waals surface area contributed by atoms with Crippen LogP contribution in [0.15, 0.2) is 84.9 Å². The zero-order valence-electron chi connectivity index (χ0n) is 15.7. The number of benzene rings is 3. The van der Waals surface area contributed by atoms with Gasteiger partial charge in [-0.2, -0.15) is 0 Å². The topological polar surface area (TPSA) is 44.8 Å². The molecule has 0 bridgehead atoms. The van der Waals surface area contributed by atoms with Gasteiger partial charge in [-0.1, -0.05) is 66.7 Å². The second-order valence-electron chi connectivity index (χ2n) is 6.11. The van der Waals surface area contributed by atoms with Crippen molar-refractivity contribution in [3.05, 3.63) is 102 Å². The first kappa shape index (κ1) is 19.2. The van der Waals surface area contributed by atoms with E-state index in [4.69, 9.17) is 9.47 Å². The van der Waals surface area contributed by atoms with Gasteiger partial charge in [-0.05, 0) is 34.9 Å². The Kier molecular flexibility index (Phi) is 6.85. The van der Waals surface area contributed by atoms with Crippen molar-refractivity contribution in [2.75, 3.05) is 7.11 Å². The van der Waals surface area contributed by atoms with Crippen molar-refractivity contribution in [2.45, 2.75) is 13.2 Å². The van der Waals surface area contributed by atoms with Gasteiger partial charge in [-0.25, -0.2) is 4.79 Å². The summed E-state index contributed by atoms with van der Waals surface area (Å²) in [5.74, 6) is 0.859. The lowest BCUT2D eigenvalue weighted by Gasteiger charge is -2.14. The van der Waals surface area contributed by atoms with Crippen LogP contribution < -0.4 is 9.47 Å². The summed E-state index contributed by atoms with van der Waals surface area (Å²) in [6, 6.07) is 25.4. The van der Waals surface area contributed by atoms with E-state index in [9.17, 15) is 4.79 Å². The summed E-state index contributed by atoms with van der Waals surface area (Å²) < 4.78 is 16.6. The van der Waals surface area contributed by atoms with Gasteiger partial charge in [0.25, 0.3) is 0 Å². The van der Waals surface area contributed by atoms with Gasteiger partial charge < -0.3 is 14.2 Å². The first-order valence-electron chi connectivity index (χ1n) is 8.98. The van der Waals surface area contributed by atoms with Crippen LogP contribution in [0.2, 0.25) is 0 Å². The third kappa shape index (κ3) is 5.74. The first-order chi connectivity index (χ1) is 13.7. The summed E-state index contributed by atoms with van der Waals surface area (Å²) in [7, 11) is 1.35. The molecule has 0 aliphatic carbocycles. The van der Waals surface area contributed by atoms with Crippen molar-refractivity contribution in [1.82, 2.24) is 0 Å². The molecule has 0 unspecified atom stereocenters. The summed E-state index contributed by atoms with van der Waals surface area (Å²) in [5.41, 5.74) is 2.96. The third-order valence-corrected chi connectivity index (χ3v) is 4.06. The lowest BCUT2D eigenvalue weighted by atomic mass is 10.2. The Hall–Kier alpha value is -3.53. The van der Waals surface area contributed by atoms with Crippen molar-refractivity contribution in [2.24, 2.45) is 0 Å². The smallest absolute Gasteiger partial charge is 0.330 e. The molecule has 3 aromatic carbocycles. The molecule has 0 aliphatic rings. The number of carbonyl (C=O) groups is 1. The molecule has 0 saturated carbocycles. The van der Waals surface area contributed by atoms with E-state index in [1.165, 1.54) is 13.2 Å². The normalized spacial score (nSPS) is 10.6. The van der Waals surface area contributed by atoms with Gasteiger partial charge in [-0.15, -0.1) is 0 Å². The molecule has 4 nitrogen and oxygen atoms in total. The summed E-state index contributed by atoms with van der Waals surface area (Å²) in [6.07, 6.45) is 3.06. The van der Waals surface area contributed by atoms with Crippen molar-refractivity contribution >= 4 is 12.0 Å². The second-order valence-corrected chi connectivity index (χ2v) is 6.11. The van der Waals surface area contributed by atoms with E-state index in [1.807, 2.05) is 78.9 Å². The van der Waals surface area contributed by atoms with Crippen LogP contribution in [0.4, 0.5) is 0 Å². The van der Waals surface area contributed by atoms with E-state index < -0.39 is 5.97 Å². The maximum atomic E-state index is 11.3. The summed E-state index contributed by atoms with van der Waals surface area (Å²) in [6.45, 7) is 0.868. The van der Waals surface area contributed by atoms with E-state index in [-0.39, 0.29) is 0 Å². The molecule has 0 fully saturated rings. The van der Waals surface area contributed by atoms with Gasteiger partial charge in [0.05, 0.1) is 7.11 Å². The van der Waals surface area contributed by atoms with Crippen LogP contribution in [0.5, 0.6) is 11.5 Å². The van der Waals surface area contributed by atoms with E-state index in [2.05, 4.69) is 4.74 Å². The SMILES string of the molecule is COC(=O)/C=C/c1ccc(OCc2ccccc2)c(OCc2ccccc2)c1. The van der Waals surface area contributed by atoms with Crippen LogP contribution in [0.1, 0.15) is 16.7 Å². The molecule has 28 heavy (non-hydrogen) atoms. The minimum Gasteiger partial charge on any atom is -0.485 e. The number of ether oxygens (including phenoxy) is 3. The minimum atomic E-state index is -0.406. The summed E-state index contributed by atoms with van der Waals surface area (Å²) in [5, 5.41) is 0. The highest BCUT2D eigenvalue weighted by Gasteiger charge is 2.08. The molecule has 0 N–H and O–H groups in total. The lowest BCUT2D eigenvalue weighted by molar-refractivity contribution is -0.134. The van der Waals surface area contributed by atoms with Gasteiger partial charge >= 0.3 is 5.97 Å². The molecule has 0 saturated heterocycles. The molecule has 3 aromatic rings. The summed E-state index contributed by atoms with van der Waals surface area (Å²) >= 11 is 0. The number of rotatable bonds is 8. The van der Waals surface area contributed by atoms with E-state index in [1.54, 1.807) is 6.08 Å². The summed E-state index contributed by atoms with van der Waals surface area (Å²) in [4.78, 5) is 11.3. The number of methoxy groups -OCH3 is 1. The van der Waals surface area contributed by atoms with Crippen LogP contribution in [0, 0.1) is 0 Å². The average Bonchev–Trinajstić information content (AvgIpc) is 2.76. The maximum Gasteiger partial charge on any atom is 0.330 e. The highest BCUT2D eigenvalue weighted by molar-refractivity contribution is 5.87. The van der Waals surface area contributed by atoms with Crippen LogP contribution >= 0.6 is 0 Å². The van der Waals surface area contributed by atoms with Crippen LogP contribution in [0.25, 0.3) is 6.08 Å². The Bertz CT molecular complexity index is 918. The van der Waals surface area contributed by atoms with E-state index in [0.29, 0.717) is 24.7 Å². The van der Waals surface area contributed by atoms with Gasteiger partial charge in [0.1, 0.15) is 13.2 Å². The average molecular weight is 374 g/mol. The van der Waals surface area contributed by atoms with Gasteiger partial charge in [-0.3, -0.25) is 0 Å². The zero-order chi connectivity index (χ0) is 19.6. The van der Waals surface area contributed by atoms with E-state index in [0.717, 1.165) is 16.7 Å². The fraction of sp³-hybridized carbons (Fsp3) is 0.125. The Morgan fingerprint density at radius 1 is 0.786 bits per heavy atom. The van der Waals surface area contributed by atoms with Gasteiger partial charge in [0.2, 0.25) is 0 Å². The first-order valence-corrected chi connectivity index (χ1v) is 8.98. The van der Waals surface area contributed by atoms with Gasteiger partial charge in [0, 0.05) is 6.08 Å². The Morgan fingerprint density at radius 3 is 1.93 bits per heavy atom. The fourth-order valence-corrected chi connectivity index (χ4v) is 2.56. The highest BCUT2D eigenvalue weighted by atomic mass is 16.5. The molecule has 0 heterocycles. The number of esters is 1. The van der Waals surface area contributed by atoms with Crippen LogP contribution in [-0.2, 0) is 22.7 Å². The van der Waals surface area contributed by atoms with Crippen molar-refractivity contribution in [3.63, 3.8) is 0 Å². The number of hydrogen-bond donors (Lipinski definition) is 0. The van der Waals surface area contributed by atoms with Crippen molar-refractivity contribution in [1.29, 1.82) is 0 Å². The molecule has 0 spiro atoms. The largest absolute Gasteiger partial charge is 0.485 e. The Labute approximate surface area is 165 Å². The molecule has 0 aliphatic heterocycles. The van der Waals surface area contributed by atoms with Crippen molar-refractivity contribution < 1.29 is 19.0 Å². The lowest BCUT2D eigenvalue weighted by Crippen LogP contribution is -2.01. The second kappa shape index (κ2) is 9.97.